The van der Waals surface area contributed by atoms with Gasteiger partial charge in [0.25, 0.3) is 0 Å². The highest BCUT2D eigenvalue weighted by Crippen LogP contribution is 2.23. The fraction of sp³-hybridized carbons (Fsp3) is 0.385. The van der Waals surface area contributed by atoms with Crippen LogP contribution in [-0.2, 0) is 13.0 Å². The molecule has 1 aromatic heterocycles. The SMILES string of the molecule is OC1CCCn2nc(Cc3cccc(F)c3)nc21. The first-order valence-corrected chi connectivity index (χ1v) is 6.08. The Hall–Kier alpha value is -1.75. The van der Waals surface area contributed by atoms with Crippen molar-refractivity contribution >= 4 is 0 Å². The summed E-state index contributed by atoms with van der Waals surface area (Å²) in [7, 11) is 0. The van der Waals surface area contributed by atoms with E-state index in [0.29, 0.717) is 18.1 Å². The van der Waals surface area contributed by atoms with Crippen molar-refractivity contribution in [3.63, 3.8) is 0 Å². The number of hydrogen-bond acceptors (Lipinski definition) is 3. The summed E-state index contributed by atoms with van der Waals surface area (Å²) < 4.78 is 14.8. The van der Waals surface area contributed by atoms with Crippen LogP contribution < -0.4 is 0 Å². The van der Waals surface area contributed by atoms with Crippen molar-refractivity contribution in [3.05, 3.63) is 47.3 Å². The van der Waals surface area contributed by atoms with Gasteiger partial charge in [-0.15, -0.1) is 0 Å². The Labute approximate surface area is 104 Å². The summed E-state index contributed by atoms with van der Waals surface area (Å²) >= 11 is 0. The van der Waals surface area contributed by atoms with Gasteiger partial charge in [0.1, 0.15) is 11.9 Å². The second-order valence-electron chi connectivity index (χ2n) is 4.57. The van der Waals surface area contributed by atoms with E-state index in [-0.39, 0.29) is 5.82 Å². The molecule has 1 aliphatic rings. The molecule has 4 nitrogen and oxygen atoms in total. The summed E-state index contributed by atoms with van der Waals surface area (Å²) in [6, 6.07) is 6.42. The molecule has 1 aromatic carbocycles. The summed E-state index contributed by atoms with van der Waals surface area (Å²) in [5.41, 5.74) is 0.840. The van der Waals surface area contributed by atoms with Gasteiger partial charge in [-0.2, -0.15) is 5.10 Å². The molecule has 3 rings (SSSR count). The van der Waals surface area contributed by atoms with Crippen molar-refractivity contribution in [2.75, 3.05) is 0 Å². The highest BCUT2D eigenvalue weighted by molar-refractivity contribution is 5.20. The molecule has 0 fully saturated rings. The van der Waals surface area contributed by atoms with E-state index in [1.54, 1.807) is 10.7 Å². The minimum absolute atomic E-state index is 0.253. The summed E-state index contributed by atoms with van der Waals surface area (Å²) in [5.74, 6) is 1.01. The molecule has 18 heavy (non-hydrogen) atoms. The molecule has 1 N–H and O–H groups in total. The molecule has 0 radical (unpaired) electrons. The molecule has 1 aliphatic heterocycles. The van der Waals surface area contributed by atoms with Gasteiger partial charge in [0.2, 0.25) is 0 Å². The summed E-state index contributed by atoms with van der Waals surface area (Å²) in [6.45, 7) is 0.794. The predicted molar refractivity (Wildman–Crippen MR) is 63.4 cm³/mol. The van der Waals surface area contributed by atoms with Crippen LogP contribution in [-0.4, -0.2) is 19.9 Å². The Kier molecular flexibility index (Phi) is 2.83. The molecule has 0 bridgehead atoms. The Balaban J connectivity index is 1.85. The van der Waals surface area contributed by atoms with Crippen LogP contribution in [0.15, 0.2) is 24.3 Å². The number of aryl methyl sites for hydroxylation is 1. The van der Waals surface area contributed by atoms with Gasteiger partial charge < -0.3 is 5.11 Å². The molecule has 0 saturated carbocycles. The molecule has 94 valence electrons. The third-order valence-corrected chi connectivity index (χ3v) is 3.14. The third kappa shape index (κ3) is 2.13. The van der Waals surface area contributed by atoms with Gasteiger partial charge in [-0.05, 0) is 30.5 Å². The number of aliphatic hydroxyl groups excluding tert-OH is 1. The van der Waals surface area contributed by atoms with Gasteiger partial charge in [0, 0.05) is 13.0 Å². The number of aliphatic hydroxyl groups is 1. The van der Waals surface area contributed by atoms with Gasteiger partial charge in [-0.1, -0.05) is 12.1 Å². The molecule has 0 saturated heterocycles. The summed E-state index contributed by atoms with van der Waals surface area (Å²) in [6.07, 6.45) is 1.62. The number of fused-ring (bicyclic) bond motifs is 1. The lowest BCUT2D eigenvalue weighted by Crippen LogP contribution is -2.16. The average Bonchev–Trinajstić information content (AvgIpc) is 2.73. The molecule has 1 atom stereocenters. The normalized spacial score (nSPS) is 18.7. The number of rotatable bonds is 2. The smallest absolute Gasteiger partial charge is 0.156 e. The molecule has 0 spiro atoms. The summed E-state index contributed by atoms with van der Waals surface area (Å²) in [5, 5.41) is 14.2. The van der Waals surface area contributed by atoms with Crippen LogP contribution in [0.4, 0.5) is 4.39 Å². The fourth-order valence-corrected chi connectivity index (χ4v) is 2.28. The molecular weight excluding hydrogens is 233 g/mol. The first kappa shape index (κ1) is 11.3. The minimum Gasteiger partial charge on any atom is -0.385 e. The van der Waals surface area contributed by atoms with Crippen molar-refractivity contribution in [1.29, 1.82) is 0 Å². The molecule has 2 aromatic rings. The van der Waals surface area contributed by atoms with Crippen molar-refractivity contribution in [2.24, 2.45) is 0 Å². The number of halogens is 1. The van der Waals surface area contributed by atoms with Gasteiger partial charge in [-0.25, -0.2) is 14.1 Å². The lowest BCUT2D eigenvalue weighted by molar-refractivity contribution is 0.130. The molecule has 2 heterocycles. The lowest BCUT2D eigenvalue weighted by atomic mass is 10.1. The molecule has 5 heteroatoms. The maximum absolute atomic E-state index is 13.1. The molecule has 0 aliphatic carbocycles. The van der Waals surface area contributed by atoms with Crippen LogP contribution in [0, 0.1) is 5.82 Å². The van der Waals surface area contributed by atoms with Crippen LogP contribution in [0.2, 0.25) is 0 Å². The fourth-order valence-electron chi connectivity index (χ4n) is 2.28. The van der Waals surface area contributed by atoms with Gasteiger partial charge in [0.15, 0.2) is 11.6 Å². The van der Waals surface area contributed by atoms with Crippen molar-refractivity contribution in [3.8, 4) is 0 Å². The van der Waals surface area contributed by atoms with E-state index in [2.05, 4.69) is 10.1 Å². The Morgan fingerprint density at radius 1 is 1.44 bits per heavy atom. The van der Waals surface area contributed by atoms with E-state index < -0.39 is 6.10 Å². The van der Waals surface area contributed by atoms with Crippen LogP contribution in [0.5, 0.6) is 0 Å². The molecule has 0 amide bonds. The predicted octanol–water partition coefficient (Wildman–Crippen LogP) is 1.84. The Bertz CT molecular complexity index is 567. The lowest BCUT2D eigenvalue weighted by Gasteiger charge is -2.16. The average molecular weight is 247 g/mol. The van der Waals surface area contributed by atoms with Gasteiger partial charge in [-0.3, -0.25) is 0 Å². The van der Waals surface area contributed by atoms with Crippen LogP contribution >= 0.6 is 0 Å². The maximum atomic E-state index is 13.1. The van der Waals surface area contributed by atoms with E-state index in [0.717, 1.165) is 24.9 Å². The van der Waals surface area contributed by atoms with Gasteiger partial charge >= 0.3 is 0 Å². The zero-order chi connectivity index (χ0) is 12.5. The zero-order valence-electron chi connectivity index (χ0n) is 9.88. The number of nitrogens with zero attached hydrogens (tertiary/aromatic N) is 3. The van der Waals surface area contributed by atoms with E-state index in [9.17, 15) is 9.50 Å². The van der Waals surface area contributed by atoms with Crippen molar-refractivity contribution < 1.29 is 9.50 Å². The Morgan fingerprint density at radius 3 is 3.11 bits per heavy atom. The highest BCUT2D eigenvalue weighted by atomic mass is 19.1. The maximum Gasteiger partial charge on any atom is 0.156 e. The van der Waals surface area contributed by atoms with E-state index >= 15 is 0 Å². The zero-order valence-corrected chi connectivity index (χ0v) is 9.88. The second kappa shape index (κ2) is 4.49. The largest absolute Gasteiger partial charge is 0.385 e. The monoisotopic (exact) mass is 247 g/mol. The number of benzene rings is 1. The standard InChI is InChI=1S/C13H14FN3O/c14-10-4-1-3-9(7-10)8-12-15-13-11(18)5-2-6-17(13)16-12/h1,3-4,7,11,18H,2,5-6,8H2. The minimum atomic E-state index is -0.521. The van der Waals surface area contributed by atoms with Crippen molar-refractivity contribution in [2.45, 2.75) is 31.9 Å². The van der Waals surface area contributed by atoms with Crippen LogP contribution in [0.25, 0.3) is 0 Å². The summed E-state index contributed by atoms with van der Waals surface area (Å²) in [4.78, 5) is 4.34. The van der Waals surface area contributed by atoms with Crippen LogP contribution in [0.3, 0.4) is 0 Å². The quantitative estimate of drug-likeness (QED) is 0.881. The Morgan fingerprint density at radius 2 is 2.33 bits per heavy atom. The van der Waals surface area contributed by atoms with E-state index in [4.69, 9.17) is 0 Å². The highest BCUT2D eigenvalue weighted by Gasteiger charge is 2.21. The third-order valence-electron chi connectivity index (χ3n) is 3.14. The van der Waals surface area contributed by atoms with Gasteiger partial charge in [0.05, 0.1) is 0 Å². The van der Waals surface area contributed by atoms with Crippen LogP contribution in [0.1, 0.15) is 36.2 Å². The number of aromatic nitrogens is 3. The number of hydrogen-bond donors (Lipinski definition) is 1. The first-order valence-electron chi connectivity index (χ1n) is 6.08. The first-order chi connectivity index (χ1) is 8.72. The molecular formula is C13H14FN3O. The van der Waals surface area contributed by atoms with Crippen molar-refractivity contribution in [1.82, 2.24) is 14.8 Å². The van der Waals surface area contributed by atoms with E-state index in [1.807, 2.05) is 6.07 Å². The topological polar surface area (TPSA) is 50.9 Å². The molecule has 1 unspecified atom stereocenters. The van der Waals surface area contributed by atoms with E-state index in [1.165, 1.54) is 12.1 Å². The second-order valence-corrected chi connectivity index (χ2v) is 4.57.